The number of urea groups is 1. The van der Waals surface area contributed by atoms with Gasteiger partial charge in [-0.05, 0) is 33.2 Å². The van der Waals surface area contributed by atoms with Crippen LogP contribution >= 0.6 is 0 Å². The Morgan fingerprint density at radius 3 is 2.40 bits per heavy atom. The van der Waals surface area contributed by atoms with Crippen molar-refractivity contribution in [1.82, 2.24) is 15.1 Å². The predicted octanol–water partition coefficient (Wildman–Crippen LogP) is 1.37. The quantitative estimate of drug-likeness (QED) is 0.671. The number of likely N-dealkylation sites (N-methyl/N-ethyl adjacent to an activating group) is 1. The molecular weight excluding hydrogens is 258 g/mol. The molecular formula is C14H27N3O3. The van der Waals surface area contributed by atoms with Crippen molar-refractivity contribution in [1.29, 1.82) is 0 Å². The summed E-state index contributed by atoms with van der Waals surface area (Å²) in [6.45, 7) is 8.75. The van der Waals surface area contributed by atoms with Gasteiger partial charge >= 0.3 is 12.0 Å². The average Bonchev–Trinajstić information content (AvgIpc) is 3.18. The first-order valence-electron chi connectivity index (χ1n) is 7.49. The van der Waals surface area contributed by atoms with Crippen molar-refractivity contribution < 1.29 is 14.7 Å². The molecule has 6 nitrogen and oxygen atoms in total. The van der Waals surface area contributed by atoms with Gasteiger partial charge in [-0.3, -0.25) is 9.69 Å². The molecule has 0 saturated heterocycles. The fourth-order valence-electron chi connectivity index (χ4n) is 2.46. The molecule has 1 atom stereocenters. The molecule has 0 heterocycles. The fraction of sp³-hybridized carbons (Fsp3) is 0.857. The summed E-state index contributed by atoms with van der Waals surface area (Å²) in [5, 5.41) is 11.7. The van der Waals surface area contributed by atoms with Gasteiger partial charge in [-0.1, -0.05) is 6.92 Å². The molecule has 20 heavy (non-hydrogen) atoms. The van der Waals surface area contributed by atoms with Crippen molar-refractivity contribution in [3.05, 3.63) is 0 Å². The Hall–Kier alpha value is -1.30. The number of amides is 2. The first-order chi connectivity index (χ1) is 9.49. The molecule has 0 spiro atoms. The lowest BCUT2D eigenvalue weighted by atomic mass is 10.2. The Balaban J connectivity index is 2.32. The van der Waals surface area contributed by atoms with E-state index in [-0.39, 0.29) is 18.5 Å². The topological polar surface area (TPSA) is 72.9 Å². The smallest absolute Gasteiger partial charge is 0.317 e. The first-order valence-corrected chi connectivity index (χ1v) is 7.49. The third kappa shape index (κ3) is 5.36. The van der Waals surface area contributed by atoms with E-state index in [1.807, 2.05) is 6.92 Å². The molecule has 0 bridgehead atoms. The molecule has 2 amide bonds. The molecule has 1 fully saturated rings. The van der Waals surface area contributed by atoms with Gasteiger partial charge < -0.3 is 15.3 Å². The standard InChI is InChI=1S/C14H27N3O3/c1-4-16(12-6-7-12)9-8-15-14(20)17(5-2)11(3)10-13(18)19/h11-12H,4-10H2,1-3H3,(H,15,20)(H,18,19). The zero-order chi connectivity index (χ0) is 15.1. The van der Waals surface area contributed by atoms with E-state index in [4.69, 9.17) is 5.11 Å². The molecule has 116 valence electrons. The third-order valence-corrected chi connectivity index (χ3v) is 3.75. The fourth-order valence-corrected chi connectivity index (χ4v) is 2.46. The molecule has 1 unspecified atom stereocenters. The average molecular weight is 285 g/mol. The van der Waals surface area contributed by atoms with Crippen molar-refractivity contribution in [2.75, 3.05) is 26.2 Å². The van der Waals surface area contributed by atoms with Crippen LogP contribution in [0.25, 0.3) is 0 Å². The van der Waals surface area contributed by atoms with Gasteiger partial charge in [-0.25, -0.2) is 4.79 Å². The van der Waals surface area contributed by atoms with Crippen LogP contribution in [0.1, 0.15) is 40.0 Å². The van der Waals surface area contributed by atoms with Gasteiger partial charge in [0.15, 0.2) is 0 Å². The van der Waals surface area contributed by atoms with Gasteiger partial charge in [-0.15, -0.1) is 0 Å². The molecule has 6 heteroatoms. The van der Waals surface area contributed by atoms with E-state index >= 15 is 0 Å². The van der Waals surface area contributed by atoms with Crippen LogP contribution in [0.15, 0.2) is 0 Å². The molecule has 1 saturated carbocycles. The Morgan fingerprint density at radius 2 is 1.95 bits per heavy atom. The predicted molar refractivity (Wildman–Crippen MR) is 77.8 cm³/mol. The van der Waals surface area contributed by atoms with E-state index in [1.165, 1.54) is 12.8 Å². The van der Waals surface area contributed by atoms with Gasteiger partial charge in [0.25, 0.3) is 0 Å². The zero-order valence-corrected chi connectivity index (χ0v) is 12.8. The summed E-state index contributed by atoms with van der Waals surface area (Å²) in [5.41, 5.74) is 0. The Kier molecular flexibility index (Phi) is 6.78. The van der Waals surface area contributed by atoms with Gasteiger partial charge in [0.2, 0.25) is 0 Å². The number of carboxylic acid groups (broad SMARTS) is 1. The SMILES string of the molecule is CCN(CCNC(=O)N(CC)C(C)CC(=O)O)C1CC1. The van der Waals surface area contributed by atoms with Crippen molar-refractivity contribution in [3.63, 3.8) is 0 Å². The van der Waals surface area contributed by atoms with E-state index in [0.29, 0.717) is 19.1 Å². The van der Waals surface area contributed by atoms with Crippen LogP contribution in [-0.4, -0.2) is 65.2 Å². The highest BCUT2D eigenvalue weighted by atomic mass is 16.4. The lowest BCUT2D eigenvalue weighted by Gasteiger charge is -2.28. The zero-order valence-electron chi connectivity index (χ0n) is 12.8. The van der Waals surface area contributed by atoms with Crippen LogP contribution in [0, 0.1) is 0 Å². The maximum absolute atomic E-state index is 12.1. The number of carbonyl (C=O) groups is 2. The van der Waals surface area contributed by atoms with Gasteiger partial charge in [0, 0.05) is 31.7 Å². The van der Waals surface area contributed by atoms with Crippen LogP contribution in [0.5, 0.6) is 0 Å². The molecule has 0 aromatic carbocycles. The highest BCUT2D eigenvalue weighted by Gasteiger charge is 2.27. The van der Waals surface area contributed by atoms with Crippen molar-refractivity contribution >= 4 is 12.0 Å². The second kappa shape index (κ2) is 8.09. The minimum absolute atomic E-state index is 0.0234. The van der Waals surface area contributed by atoms with Crippen LogP contribution in [-0.2, 0) is 4.79 Å². The maximum Gasteiger partial charge on any atom is 0.317 e. The second-order valence-corrected chi connectivity index (χ2v) is 5.32. The van der Waals surface area contributed by atoms with E-state index in [1.54, 1.807) is 11.8 Å². The van der Waals surface area contributed by atoms with Crippen molar-refractivity contribution in [2.24, 2.45) is 0 Å². The maximum atomic E-state index is 12.1. The third-order valence-electron chi connectivity index (χ3n) is 3.75. The summed E-state index contributed by atoms with van der Waals surface area (Å²) in [4.78, 5) is 26.7. The summed E-state index contributed by atoms with van der Waals surface area (Å²) in [7, 11) is 0. The highest BCUT2D eigenvalue weighted by molar-refractivity contribution is 5.75. The number of hydrogen-bond acceptors (Lipinski definition) is 3. The van der Waals surface area contributed by atoms with Crippen LogP contribution in [0.4, 0.5) is 4.79 Å². The largest absolute Gasteiger partial charge is 0.481 e. The van der Waals surface area contributed by atoms with Crippen molar-refractivity contribution in [3.8, 4) is 0 Å². The van der Waals surface area contributed by atoms with E-state index in [0.717, 1.165) is 13.1 Å². The molecule has 0 radical (unpaired) electrons. The number of rotatable bonds is 9. The molecule has 0 aromatic rings. The molecule has 0 aromatic heterocycles. The molecule has 1 rings (SSSR count). The number of nitrogens with one attached hydrogen (secondary N) is 1. The van der Waals surface area contributed by atoms with Crippen LogP contribution in [0.2, 0.25) is 0 Å². The number of aliphatic carboxylic acids is 1. The molecule has 0 aliphatic heterocycles. The Bertz CT molecular complexity index is 332. The minimum Gasteiger partial charge on any atom is -0.481 e. The lowest BCUT2D eigenvalue weighted by molar-refractivity contribution is -0.138. The monoisotopic (exact) mass is 285 g/mol. The minimum atomic E-state index is -0.880. The summed E-state index contributed by atoms with van der Waals surface area (Å²) < 4.78 is 0. The summed E-state index contributed by atoms with van der Waals surface area (Å²) in [6, 6.07) is 0.237. The summed E-state index contributed by atoms with van der Waals surface area (Å²) in [5.74, 6) is -0.880. The Labute approximate surface area is 121 Å². The van der Waals surface area contributed by atoms with Gasteiger partial charge in [0.05, 0.1) is 6.42 Å². The first kappa shape index (κ1) is 16.8. The van der Waals surface area contributed by atoms with Gasteiger partial charge in [0.1, 0.15) is 0 Å². The van der Waals surface area contributed by atoms with Crippen LogP contribution < -0.4 is 5.32 Å². The lowest BCUT2D eigenvalue weighted by Crippen LogP contribution is -2.47. The number of nitrogens with zero attached hydrogens (tertiary/aromatic N) is 2. The molecule has 1 aliphatic carbocycles. The normalized spacial score (nSPS) is 16.0. The van der Waals surface area contributed by atoms with Gasteiger partial charge in [-0.2, -0.15) is 0 Å². The highest BCUT2D eigenvalue weighted by Crippen LogP contribution is 2.25. The van der Waals surface area contributed by atoms with Crippen molar-refractivity contribution in [2.45, 2.75) is 52.1 Å². The van der Waals surface area contributed by atoms with E-state index in [9.17, 15) is 9.59 Å². The Morgan fingerprint density at radius 1 is 1.30 bits per heavy atom. The molecule has 1 aliphatic rings. The number of carboxylic acids is 1. The number of carbonyl (C=O) groups excluding carboxylic acids is 1. The molecule has 2 N–H and O–H groups in total. The summed E-state index contributed by atoms with van der Waals surface area (Å²) >= 11 is 0. The summed E-state index contributed by atoms with van der Waals surface area (Å²) in [6.07, 6.45) is 2.50. The number of hydrogen-bond donors (Lipinski definition) is 2. The van der Waals surface area contributed by atoms with E-state index < -0.39 is 5.97 Å². The van der Waals surface area contributed by atoms with Crippen LogP contribution in [0.3, 0.4) is 0 Å². The second-order valence-electron chi connectivity index (χ2n) is 5.32. The van der Waals surface area contributed by atoms with E-state index in [2.05, 4.69) is 17.1 Å².